The Morgan fingerprint density at radius 3 is 2.48 bits per heavy atom. The van der Waals surface area contributed by atoms with Crippen molar-refractivity contribution in [1.29, 1.82) is 0 Å². The quantitative estimate of drug-likeness (QED) is 0.662. The second kappa shape index (κ2) is 6.32. The van der Waals surface area contributed by atoms with E-state index in [0.29, 0.717) is 12.0 Å². The van der Waals surface area contributed by atoms with Gasteiger partial charge in [0, 0.05) is 0 Å². The molecule has 0 saturated heterocycles. The molecule has 1 aromatic heterocycles. The molecule has 2 rings (SSSR count). The van der Waals surface area contributed by atoms with Crippen LogP contribution in [0.2, 0.25) is 0 Å². The lowest BCUT2D eigenvalue weighted by molar-refractivity contribution is -0.104. The van der Waals surface area contributed by atoms with Crippen LogP contribution in [0.15, 0.2) is 41.5 Å². The van der Waals surface area contributed by atoms with Gasteiger partial charge in [-0.05, 0) is 37.6 Å². The molecule has 0 spiro atoms. The molecule has 0 radical (unpaired) electrons. The second-order valence-electron chi connectivity index (χ2n) is 4.80. The summed E-state index contributed by atoms with van der Waals surface area (Å²) in [4.78, 5) is 22.5. The van der Waals surface area contributed by atoms with Crippen molar-refractivity contribution in [3.8, 4) is 5.69 Å². The molecule has 0 fully saturated rings. The zero-order valence-electron chi connectivity index (χ0n) is 11.9. The third-order valence-corrected chi connectivity index (χ3v) is 3.32. The average molecular weight is 287 g/mol. The molecule has 0 aliphatic heterocycles. The van der Waals surface area contributed by atoms with Gasteiger partial charge in [0.2, 0.25) is 0 Å². The van der Waals surface area contributed by atoms with E-state index in [2.05, 4.69) is 5.10 Å². The molecule has 0 aliphatic carbocycles. The molecule has 1 N–H and O–H groups in total. The molecule has 6 heteroatoms. The maximum atomic E-state index is 12.3. The first kappa shape index (κ1) is 14.9. The molecule has 2 aromatic rings. The van der Waals surface area contributed by atoms with E-state index in [0.717, 1.165) is 5.56 Å². The van der Waals surface area contributed by atoms with Crippen molar-refractivity contribution in [3.05, 3.63) is 52.7 Å². The van der Waals surface area contributed by atoms with Gasteiger partial charge < -0.3 is 5.11 Å². The molecule has 2 atom stereocenters. The zero-order valence-corrected chi connectivity index (χ0v) is 11.9. The molecule has 1 heterocycles. The summed E-state index contributed by atoms with van der Waals surface area (Å²) in [5.41, 5.74) is 1.23. The SMILES string of the molecule is C[C@@H](O)[C@H](C)n1ncn(-c2ccc(/C=C/C=O)cc2)c1=O. The van der Waals surface area contributed by atoms with Gasteiger partial charge >= 0.3 is 5.69 Å². The minimum atomic E-state index is -0.665. The van der Waals surface area contributed by atoms with Crippen molar-refractivity contribution in [2.75, 3.05) is 0 Å². The molecule has 0 unspecified atom stereocenters. The van der Waals surface area contributed by atoms with Crippen LogP contribution < -0.4 is 5.69 Å². The first-order chi connectivity index (χ1) is 10.0. The summed E-state index contributed by atoms with van der Waals surface area (Å²) in [5.74, 6) is 0. The van der Waals surface area contributed by atoms with Crippen molar-refractivity contribution >= 4 is 12.4 Å². The molecular formula is C15H17N3O3. The number of allylic oxidation sites excluding steroid dienone is 1. The summed E-state index contributed by atoms with van der Waals surface area (Å²) in [6.07, 6.45) is 4.56. The van der Waals surface area contributed by atoms with Gasteiger partial charge in [0.1, 0.15) is 12.6 Å². The van der Waals surface area contributed by atoms with Gasteiger partial charge in [-0.2, -0.15) is 5.10 Å². The van der Waals surface area contributed by atoms with Gasteiger partial charge in [0.25, 0.3) is 0 Å². The lowest BCUT2D eigenvalue weighted by Gasteiger charge is -2.13. The van der Waals surface area contributed by atoms with Crippen LogP contribution in [0.3, 0.4) is 0 Å². The Bertz CT molecular complexity index is 696. The zero-order chi connectivity index (χ0) is 15.4. The van der Waals surface area contributed by atoms with Crippen molar-refractivity contribution in [2.24, 2.45) is 0 Å². The Kier molecular flexibility index (Phi) is 4.49. The number of aliphatic hydroxyl groups is 1. The summed E-state index contributed by atoms with van der Waals surface area (Å²) in [7, 11) is 0. The summed E-state index contributed by atoms with van der Waals surface area (Å²) in [6.45, 7) is 3.35. The predicted molar refractivity (Wildman–Crippen MR) is 79.3 cm³/mol. The highest BCUT2D eigenvalue weighted by Gasteiger charge is 2.16. The van der Waals surface area contributed by atoms with E-state index in [9.17, 15) is 14.7 Å². The van der Waals surface area contributed by atoms with Gasteiger partial charge in [-0.25, -0.2) is 14.0 Å². The highest BCUT2D eigenvalue weighted by molar-refractivity contribution is 5.73. The van der Waals surface area contributed by atoms with E-state index in [1.807, 2.05) is 0 Å². The van der Waals surface area contributed by atoms with Crippen LogP contribution >= 0.6 is 0 Å². The summed E-state index contributed by atoms with van der Waals surface area (Å²) in [5, 5.41) is 13.6. The predicted octanol–water partition coefficient (Wildman–Crippen LogP) is 1.19. The number of benzene rings is 1. The average Bonchev–Trinajstić information content (AvgIpc) is 2.86. The Balaban J connectivity index is 2.33. The summed E-state index contributed by atoms with van der Waals surface area (Å²) < 4.78 is 2.66. The second-order valence-corrected chi connectivity index (χ2v) is 4.80. The molecule has 110 valence electrons. The number of hydrogen-bond acceptors (Lipinski definition) is 4. The van der Waals surface area contributed by atoms with Crippen LogP contribution in [0.5, 0.6) is 0 Å². The molecule has 21 heavy (non-hydrogen) atoms. The third kappa shape index (κ3) is 3.17. The van der Waals surface area contributed by atoms with Gasteiger partial charge in [0.15, 0.2) is 0 Å². The minimum Gasteiger partial charge on any atom is -0.391 e. The third-order valence-electron chi connectivity index (χ3n) is 3.32. The molecule has 0 amide bonds. The van der Waals surface area contributed by atoms with Crippen LogP contribution in [-0.4, -0.2) is 31.8 Å². The minimum absolute atomic E-state index is 0.306. The molecule has 0 bridgehead atoms. The van der Waals surface area contributed by atoms with Crippen LogP contribution in [-0.2, 0) is 4.79 Å². The Morgan fingerprint density at radius 1 is 1.24 bits per heavy atom. The van der Waals surface area contributed by atoms with Crippen molar-refractivity contribution in [3.63, 3.8) is 0 Å². The fourth-order valence-corrected chi connectivity index (χ4v) is 1.87. The summed E-state index contributed by atoms with van der Waals surface area (Å²) >= 11 is 0. The lowest BCUT2D eigenvalue weighted by Crippen LogP contribution is -2.31. The highest BCUT2D eigenvalue weighted by atomic mass is 16.3. The largest absolute Gasteiger partial charge is 0.391 e. The molecule has 1 aromatic carbocycles. The Morgan fingerprint density at radius 2 is 1.90 bits per heavy atom. The van der Waals surface area contributed by atoms with E-state index >= 15 is 0 Å². The normalized spacial score (nSPS) is 14.2. The number of carbonyl (C=O) groups is 1. The van der Waals surface area contributed by atoms with Crippen LogP contribution in [0, 0.1) is 0 Å². The first-order valence-corrected chi connectivity index (χ1v) is 6.61. The smallest absolute Gasteiger partial charge is 0.350 e. The fraction of sp³-hybridized carbons (Fsp3) is 0.267. The van der Waals surface area contributed by atoms with Crippen LogP contribution in [0.4, 0.5) is 0 Å². The van der Waals surface area contributed by atoms with Crippen molar-refractivity contribution in [2.45, 2.75) is 26.0 Å². The van der Waals surface area contributed by atoms with E-state index in [1.54, 1.807) is 44.2 Å². The van der Waals surface area contributed by atoms with Crippen LogP contribution in [0.1, 0.15) is 25.5 Å². The van der Waals surface area contributed by atoms with Gasteiger partial charge in [-0.15, -0.1) is 0 Å². The molecule has 0 saturated carbocycles. The fourth-order valence-electron chi connectivity index (χ4n) is 1.87. The number of rotatable bonds is 5. The maximum Gasteiger partial charge on any atom is 0.350 e. The standard InChI is InChI=1S/C15H17N3O3/c1-11(12(2)20)18-15(21)17(10-16-18)14-7-5-13(6-8-14)4-3-9-19/h3-12,20H,1-2H3/b4-3+/t11-,12+/m0/s1. The summed E-state index contributed by atoms with van der Waals surface area (Å²) in [6, 6.07) is 6.75. The Hall–Kier alpha value is -2.47. The number of carbonyl (C=O) groups excluding carboxylic acids is 1. The van der Waals surface area contributed by atoms with Gasteiger partial charge in [0.05, 0.1) is 17.8 Å². The number of aliphatic hydroxyl groups excluding tert-OH is 1. The van der Waals surface area contributed by atoms with Gasteiger partial charge in [-0.1, -0.05) is 18.2 Å². The van der Waals surface area contributed by atoms with E-state index in [1.165, 1.54) is 21.7 Å². The maximum absolute atomic E-state index is 12.3. The lowest BCUT2D eigenvalue weighted by atomic mass is 10.2. The monoisotopic (exact) mass is 287 g/mol. The van der Waals surface area contributed by atoms with Crippen molar-refractivity contribution < 1.29 is 9.90 Å². The number of nitrogens with zero attached hydrogens (tertiary/aromatic N) is 3. The molecular weight excluding hydrogens is 270 g/mol. The topological polar surface area (TPSA) is 77.1 Å². The highest BCUT2D eigenvalue weighted by Crippen LogP contribution is 2.10. The molecule has 6 nitrogen and oxygen atoms in total. The molecule has 0 aliphatic rings. The number of hydrogen-bond donors (Lipinski definition) is 1. The van der Waals surface area contributed by atoms with E-state index < -0.39 is 12.1 Å². The number of aldehydes is 1. The van der Waals surface area contributed by atoms with E-state index in [4.69, 9.17) is 0 Å². The van der Waals surface area contributed by atoms with E-state index in [-0.39, 0.29) is 5.69 Å². The van der Waals surface area contributed by atoms with Gasteiger partial charge in [-0.3, -0.25) is 4.79 Å². The van der Waals surface area contributed by atoms with Crippen LogP contribution in [0.25, 0.3) is 11.8 Å². The first-order valence-electron chi connectivity index (χ1n) is 6.61. The van der Waals surface area contributed by atoms with Crippen molar-refractivity contribution in [1.82, 2.24) is 14.3 Å². The number of aromatic nitrogens is 3. The Labute approximate surface area is 122 Å².